The van der Waals surface area contributed by atoms with Crippen LogP contribution in [-0.2, 0) is 4.79 Å². The summed E-state index contributed by atoms with van der Waals surface area (Å²) >= 11 is 7.54. The van der Waals surface area contributed by atoms with Crippen LogP contribution in [-0.4, -0.2) is 36.1 Å². The average Bonchev–Trinajstić information content (AvgIpc) is 3.20. The van der Waals surface area contributed by atoms with Crippen molar-refractivity contribution in [2.75, 3.05) is 25.3 Å². The van der Waals surface area contributed by atoms with Crippen molar-refractivity contribution in [2.24, 2.45) is 0 Å². The second-order valence-electron chi connectivity index (χ2n) is 5.93. The van der Waals surface area contributed by atoms with Crippen molar-refractivity contribution in [3.8, 4) is 23.0 Å². The zero-order chi connectivity index (χ0) is 20.6. The Morgan fingerprint density at radius 2 is 1.93 bits per heavy atom. The summed E-state index contributed by atoms with van der Waals surface area (Å²) in [5.74, 6) is 2.06. The summed E-state index contributed by atoms with van der Waals surface area (Å²) in [6, 6.07) is 12.9. The molecule has 152 valence electrons. The van der Waals surface area contributed by atoms with Gasteiger partial charge in [-0.1, -0.05) is 16.7 Å². The van der Waals surface area contributed by atoms with Crippen LogP contribution in [0.25, 0.3) is 11.5 Å². The fourth-order valence-corrected chi connectivity index (χ4v) is 3.47. The first-order valence-electron chi connectivity index (χ1n) is 8.83. The Balaban J connectivity index is 1.50. The van der Waals surface area contributed by atoms with Gasteiger partial charge in [0.1, 0.15) is 11.5 Å². The van der Waals surface area contributed by atoms with Crippen molar-refractivity contribution in [3.63, 3.8) is 0 Å². The first-order valence-corrected chi connectivity index (χ1v) is 10.2. The minimum absolute atomic E-state index is 0.0493. The number of benzene rings is 2. The van der Waals surface area contributed by atoms with Gasteiger partial charge in [0.15, 0.2) is 0 Å². The molecule has 0 spiro atoms. The lowest BCUT2D eigenvalue weighted by molar-refractivity contribution is -0.116. The van der Waals surface area contributed by atoms with E-state index in [4.69, 9.17) is 25.5 Å². The van der Waals surface area contributed by atoms with Crippen LogP contribution in [0.4, 0.5) is 6.01 Å². The molecule has 0 atom stereocenters. The maximum absolute atomic E-state index is 12.1. The molecule has 0 aliphatic heterocycles. The number of amides is 1. The first-order chi connectivity index (χ1) is 14.1. The molecule has 1 N–H and O–H groups in total. The summed E-state index contributed by atoms with van der Waals surface area (Å²) in [7, 11) is 3.11. The largest absolute Gasteiger partial charge is 0.497 e. The lowest BCUT2D eigenvalue weighted by Crippen LogP contribution is -2.11. The van der Waals surface area contributed by atoms with Gasteiger partial charge in [-0.3, -0.25) is 10.1 Å². The van der Waals surface area contributed by atoms with E-state index in [9.17, 15) is 4.79 Å². The van der Waals surface area contributed by atoms with Gasteiger partial charge in [-0.15, -0.1) is 16.9 Å². The summed E-state index contributed by atoms with van der Waals surface area (Å²) < 4.78 is 16.1. The SMILES string of the molecule is COc1ccc(-c2nnc(NC(=O)CCCSc3ccc(Cl)cc3)o2)c(OC)c1. The molecule has 0 aliphatic carbocycles. The van der Waals surface area contributed by atoms with Crippen molar-refractivity contribution >= 4 is 35.3 Å². The van der Waals surface area contributed by atoms with E-state index in [-0.39, 0.29) is 17.8 Å². The third kappa shape index (κ3) is 5.88. The fourth-order valence-electron chi connectivity index (χ4n) is 2.49. The Morgan fingerprint density at radius 3 is 2.66 bits per heavy atom. The monoisotopic (exact) mass is 433 g/mol. The molecule has 0 saturated heterocycles. The van der Waals surface area contributed by atoms with Crippen LogP contribution in [0.2, 0.25) is 5.02 Å². The highest BCUT2D eigenvalue weighted by Gasteiger charge is 2.15. The number of nitrogens with zero attached hydrogens (tertiary/aromatic N) is 2. The Labute approximate surface area is 177 Å². The molecule has 0 aliphatic rings. The van der Waals surface area contributed by atoms with Crippen LogP contribution < -0.4 is 14.8 Å². The van der Waals surface area contributed by atoms with Crippen molar-refractivity contribution < 1.29 is 18.7 Å². The average molecular weight is 434 g/mol. The maximum Gasteiger partial charge on any atom is 0.322 e. The number of carbonyl (C=O) groups is 1. The molecule has 9 heteroatoms. The Kier molecular flexibility index (Phi) is 7.37. The van der Waals surface area contributed by atoms with E-state index in [1.807, 2.05) is 24.3 Å². The highest BCUT2D eigenvalue weighted by molar-refractivity contribution is 7.99. The van der Waals surface area contributed by atoms with Crippen molar-refractivity contribution in [1.82, 2.24) is 10.2 Å². The molecule has 1 aromatic heterocycles. The summed E-state index contributed by atoms with van der Waals surface area (Å²) in [5, 5.41) is 11.2. The van der Waals surface area contributed by atoms with Crippen LogP contribution in [0.3, 0.4) is 0 Å². The summed E-state index contributed by atoms with van der Waals surface area (Å²) in [6.45, 7) is 0. The zero-order valence-corrected chi connectivity index (χ0v) is 17.5. The number of halogens is 1. The normalized spacial score (nSPS) is 10.6. The van der Waals surface area contributed by atoms with E-state index in [1.165, 1.54) is 0 Å². The third-order valence-corrected chi connectivity index (χ3v) is 5.29. The molecule has 3 rings (SSSR count). The second-order valence-corrected chi connectivity index (χ2v) is 7.54. The number of nitrogens with one attached hydrogen (secondary N) is 1. The van der Waals surface area contributed by atoms with Gasteiger partial charge >= 0.3 is 6.01 Å². The second kappa shape index (κ2) is 10.2. The van der Waals surface area contributed by atoms with Gasteiger partial charge in [0.05, 0.1) is 19.8 Å². The molecule has 7 nitrogen and oxygen atoms in total. The number of aromatic nitrogens is 2. The van der Waals surface area contributed by atoms with Crippen molar-refractivity contribution in [2.45, 2.75) is 17.7 Å². The van der Waals surface area contributed by atoms with Gasteiger partial charge < -0.3 is 13.9 Å². The van der Waals surface area contributed by atoms with E-state index < -0.39 is 0 Å². The zero-order valence-electron chi connectivity index (χ0n) is 16.0. The Morgan fingerprint density at radius 1 is 1.14 bits per heavy atom. The lowest BCUT2D eigenvalue weighted by Gasteiger charge is -2.07. The van der Waals surface area contributed by atoms with E-state index in [1.54, 1.807) is 44.2 Å². The van der Waals surface area contributed by atoms with Crippen LogP contribution in [0.1, 0.15) is 12.8 Å². The molecule has 3 aromatic rings. The number of hydrogen-bond donors (Lipinski definition) is 1. The minimum atomic E-state index is -0.182. The predicted molar refractivity (Wildman–Crippen MR) is 113 cm³/mol. The number of rotatable bonds is 9. The van der Waals surface area contributed by atoms with Crippen molar-refractivity contribution in [1.29, 1.82) is 0 Å². The van der Waals surface area contributed by atoms with Crippen molar-refractivity contribution in [3.05, 3.63) is 47.5 Å². The van der Waals surface area contributed by atoms with Gasteiger partial charge in [-0.2, -0.15) is 0 Å². The summed E-state index contributed by atoms with van der Waals surface area (Å²) in [6.07, 6.45) is 1.07. The molecule has 29 heavy (non-hydrogen) atoms. The Hall–Kier alpha value is -2.71. The molecular weight excluding hydrogens is 414 g/mol. The molecule has 0 fully saturated rings. The molecule has 0 unspecified atom stereocenters. The lowest BCUT2D eigenvalue weighted by atomic mass is 10.2. The minimum Gasteiger partial charge on any atom is -0.497 e. The molecule has 2 aromatic carbocycles. The van der Waals surface area contributed by atoms with Crippen LogP contribution in [0, 0.1) is 0 Å². The topological polar surface area (TPSA) is 86.5 Å². The maximum atomic E-state index is 12.1. The molecule has 1 heterocycles. The fraction of sp³-hybridized carbons (Fsp3) is 0.250. The molecule has 0 bridgehead atoms. The van der Waals surface area contributed by atoms with E-state index in [0.717, 1.165) is 10.6 Å². The predicted octanol–water partition coefficient (Wildman–Crippen LogP) is 4.92. The number of anilines is 1. The number of carbonyl (C=O) groups excluding carboxylic acids is 1. The number of ether oxygens (including phenoxy) is 2. The van der Waals surface area contributed by atoms with Gasteiger partial charge in [0, 0.05) is 22.4 Å². The third-order valence-electron chi connectivity index (χ3n) is 3.94. The summed E-state index contributed by atoms with van der Waals surface area (Å²) in [5.41, 5.74) is 0.612. The molecular formula is C20H20ClN3O4S. The van der Waals surface area contributed by atoms with Gasteiger partial charge in [-0.25, -0.2) is 0 Å². The van der Waals surface area contributed by atoms with Gasteiger partial charge in [0.2, 0.25) is 5.91 Å². The Bertz CT molecular complexity index is 963. The molecule has 1 amide bonds. The first kappa shape index (κ1) is 21.0. The van der Waals surface area contributed by atoms with Crippen LogP contribution in [0.15, 0.2) is 51.8 Å². The van der Waals surface area contributed by atoms with Crippen LogP contribution >= 0.6 is 23.4 Å². The van der Waals surface area contributed by atoms with Gasteiger partial charge in [0.25, 0.3) is 5.89 Å². The highest BCUT2D eigenvalue weighted by atomic mass is 35.5. The summed E-state index contributed by atoms with van der Waals surface area (Å²) in [4.78, 5) is 13.2. The number of hydrogen-bond acceptors (Lipinski definition) is 7. The van der Waals surface area contributed by atoms with Crippen LogP contribution in [0.5, 0.6) is 11.5 Å². The smallest absolute Gasteiger partial charge is 0.322 e. The van der Waals surface area contributed by atoms with Gasteiger partial charge in [-0.05, 0) is 48.6 Å². The van der Waals surface area contributed by atoms with E-state index in [0.29, 0.717) is 34.9 Å². The molecule has 0 saturated carbocycles. The number of thioether (sulfide) groups is 1. The highest BCUT2D eigenvalue weighted by Crippen LogP contribution is 2.33. The quantitative estimate of drug-likeness (QED) is 0.378. The van der Waals surface area contributed by atoms with E-state index in [2.05, 4.69) is 15.5 Å². The molecule has 0 radical (unpaired) electrons. The standard InChI is InChI=1S/C20H20ClN3O4S/c1-26-14-7-10-16(17(12-14)27-2)19-23-24-20(28-19)22-18(25)4-3-11-29-15-8-5-13(21)6-9-15/h5-10,12H,3-4,11H2,1-2H3,(H,22,24,25). The number of methoxy groups -OCH3 is 2. The van der Waals surface area contributed by atoms with E-state index >= 15 is 0 Å².